The van der Waals surface area contributed by atoms with Gasteiger partial charge in [0.15, 0.2) is 0 Å². The van der Waals surface area contributed by atoms with Crippen LogP contribution >= 0.6 is 0 Å². The summed E-state index contributed by atoms with van der Waals surface area (Å²) < 4.78 is 25.0. The van der Waals surface area contributed by atoms with E-state index in [9.17, 15) is 4.39 Å². The number of hydrogen-bond acceptors (Lipinski definition) is 3. The van der Waals surface area contributed by atoms with Crippen LogP contribution in [0.25, 0.3) is 0 Å². The number of hydrogen-bond donors (Lipinski definition) is 1. The van der Waals surface area contributed by atoms with Crippen molar-refractivity contribution in [3.05, 3.63) is 29.6 Å². The molecule has 2 fully saturated rings. The number of halogens is 1. The maximum atomic E-state index is 13.3. The minimum Gasteiger partial charge on any atom is -0.490 e. The van der Waals surface area contributed by atoms with Gasteiger partial charge >= 0.3 is 0 Å². The SMILES string of the molecule is Fc1ccc2c(c1)CC(CC1(CNC3CC3)CCOC1)O2. The fourth-order valence-electron chi connectivity index (χ4n) is 3.56. The van der Waals surface area contributed by atoms with Crippen LogP contribution in [0, 0.1) is 11.2 Å². The predicted molar refractivity (Wildman–Crippen MR) is 78.0 cm³/mol. The van der Waals surface area contributed by atoms with Crippen molar-refractivity contribution in [2.45, 2.75) is 44.2 Å². The Bertz CT molecular complexity index is 524. The number of fused-ring (bicyclic) bond motifs is 1. The van der Waals surface area contributed by atoms with Crippen molar-refractivity contribution in [1.29, 1.82) is 0 Å². The predicted octanol–water partition coefficient (Wildman–Crippen LogP) is 2.68. The summed E-state index contributed by atoms with van der Waals surface area (Å²) in [6.07, 6.45) is 5.67. The van der Waals surface area contributed by atoms with Gasteiger partial charge in [0, 0.05) is 36.6 Å². The Balaban J connectivity index is 1.42. The topological polar surface area (TPSA) is 30.5 Å². The molecule has 0 amide bonds. The zero-order chi connectivity index (χ0) is 14.3. The highest BCUT2D eigenvalue weighted by Crippen LogP contribution is 2.39. The van der Waals surface area contributed by atoms with Crippen LogP contribution in [0.2, 0.25) is 0 Å². The number of ether oxygens (including phenoxy) is 2. The molecule has 1 aromatic rings. The Hall–Kier alpha value is -1.13. The highest BCUT2D eigenvalue weighted by molar-refractivity contribution is 5.37. The minimum absolute atomic E-state index is 0.157. The standard InChI is InChI=1S/C17H22FNO2/c18-13-1-4-16-12(7-13)8-15(21-16)9-17(5-6-20-11-17)10-19-14-2-3-14/h1,4,7,14-15,19H,2-3,5-6,8-11H2. The van der Waals surface area contributed by atoms with Crippen molar-refractivity contribution in [2.24, 2.45) is 5.41 Å². The van der Waals surface area contributed by atoms with E-state index in [4.69, 9.17) is 9.47 Å². The van der Waals surface area contributed by atoms with E-state index in [-0.39, 0.29) is 17.3 Å². The van der Waals surface area contributed by atoms with Crippen molar-refractivity contribution in [3.8, 4) is 5.75 Å². The fraction of sp³-hybridized carbons (Fsp3) is 0.647. The Morgan fingerprint density at radius 2 is 2.24 bits per heavy atom. The lowest BCUT2D eigenvalue weighted by atomic mass is 9.80. The first kappa shape index (κ1) is 13.5. The van der Waals surface area contributed by atoms with Crippen LogP contribution in [0.5, 0.6) is 5.75 Å². The molecule has 114 valence electrons. The molecule has 0 spiro atoms. The summed E-state index contributed by atoms with van der Waals surface area (Å²) in [6, 6.07) is 5.56. The normalized spacial score (nSPS) is 31.2. The summed E-state index contributed by atoms with van der Waals surface area (Å²) in [5.41, 5.74) is 1.19. The molecule has 1 N–H and O–H groups in total. The van der Waals surface area contributed by atoms with Gasteiger partial charge in [-0.3, -0.25) is 0 Å². The lowest BCUT2D eigenvalue weighted by Gasteiger charge is -2.30. The summed E-state index contributed by atoms with van der Waals surface area (Å²) >= 11 is 0. The van der Waals surface area contributed by atoms with Crippen LogP contribution in [-0.4, -0.2) is 31.9 Å². The van der Waals surface area contributed by atoms with E-state index in [0.29, 0.717) is 0 Å². The number of benzene rings is 1. The van der Waals surface area contributed by atoms with E-state index >= 15 is 0 Å². The van der Waals surface area contributed by atoms with Crippen LogP contribution < -0.4 is 10.1 Å². The second-order valence-electron chi connectivity index (χ2n) is 6.86. The summed E-state index contributed by atoms with van der Waals surface area (Å²) in [4.78, 5) is 0. The van der Waals surface area contributed by atoms with Gasteiger partial charge in [-0.05, 0) is 43.9 Å². The first-order chi connectivity index (χ1) is 10.2. The zero-order valence-corrected chi connectivity index (χ0v) is 12.2. The molecule has 0 bridgehead atoms. The van der Waals surface area contributed by atoms with Crippen molar-refractivity contribution in [3.63, 3.8) is 0 Å². The largest absolute Gasteiger partial charge is 0.490 e. The fourth-order valence-corrected chi connectivity index (χ4v) is 3.56. The first-order valence-corrected chi connectivity index (χ1v) is 7.99. The van der Waals surface area contributed by atoms with Crippen molar-refractivity contribution in [2.75, 3.05) is 19.8 Å². The second kappa shape index (κ2) is 5.25. The van der Waals surface area contributed by atoms with E-state index in [1.54, 1.807) is 12.1 Å². The molecule has 1 aliphatic carbocycles. The van der Waals surface area contributed by atoms with Crippen LogP contribution in [0.15, 0.2) is 18.2 Å². The van der Waals surface area contributed by atoms with Crippen LogP contribution in [0.1, 0.15) is 31.2 Å². The molecule has 21 heavy (non-hydrogen) atoms. The molecule has 3 nitrogen and oxygen atoms in total. The van der Waals surface area contributed by atoms with Gasteiger partial charge in [-0.1, -0.05) is 0 Å². The van der Waals surface area contributed by atoms with Crippen LogP contribution in [-0.2, 0) is 11.2 Å². The van der Waals surface area contributed by atoms with Gasteiger partial charge < -0.3 is 14.8 Å². The van der Waals surface area contributed by atoms with Crippen LogP contribution in [0.3, 0.4) is 0 Å². The third kappa shape index (κ3) is 2.92. The second-order valence-corrected chi connectivity index (χ2v) is 6.86. The average Bonchev–Trinajstić information content (AvgIpc) is 3.05. The van der Waals surface area contributed by atoms with Gasteiger partial charge in [0.05, 0.1) is 6.61 Å². The molecular formula is C17H22FNO2. The molecule has 2 aliphatic heterocycles. The molecule has 2 heterocycles. The van der Waals surface area contributed by atoms with Crippen molar-refractivity contribution in [1.82, 2.24) is 5.32 Å². The molecule has 4 rings (SSSR count). The number of nitrogens with one attached hydrogen (secondary N) is 1. The first-order valence-electron chi connectivity index (χ1n) is 7.99. The Morgan fingerprint density at radius 3 is 3.00 bits per heavy atom. The van der Waals surface area contributed by atoms with Crippen LogP contribution in [0.4, 0.5) is 4.39 Å². The van der Waals surface area contributed by atoms with E-state index in [1.807, 2.05) is 0 Å². The smallest absolute Gasteiger partial charge is 0.123 e. The summed E-state index contributed by atoms with van der Waals surface area (Å²) in [6.45, 7) is 2.68. The van der Waals surface area contributed by atoms with E-state index in [1.165, 1.54) is 18.9 Å². The van der Waals surface area contributed by atoms with Gasteiger partial charge in [0.25, 0.3) is 0 Å². The molecule has 0 radical (unpaired) electrons. The molecule has 1 aromatic carbocycles. The summed E-state index contributed by atoms with van der Waals surface area (Å²) in [5.74, 6) is 0.679. The maximum absolute atomic E-state index is 13.3. The molecule has 4 heteroatoms. The van der Waals surface area contributed by atoms with E-state index in [0.717, 1.165) is 56.4 Å². The third-order valence-corrected chi connectivity index (χ3v) is 4.95. The summed E-state index contributed by atoms with van der Waals surface area (Å²) in [7, 11) is 0. The highest BCUT2D eigenvalue weighted by Gasteiger charge is 2.40. The number of rotatable bonds is 5. The Kier molecular flexibility index (Phi) is 3.38. The molecule has 2 unspecified atom stereocenters. The molecule has 1 saturated heterocycles. The van der Waals surface area contributed by atoms with E-state index < -0.39 is 0 Å². The van der Waals surface area contributed by atoms with Gasteiger partial charge in [-0.15, -0.1) is 0 Å². The molecule has 2 atom stereocenters. The summed E-state index contributed by atoms with van der Waals surface area (Å²) in [5, 5.41) is 3.65. The highest BCUT2D eigenvalue weighted by atomic mass is 19.1. The molecule has 1 saturated carbocycles. The van der Waals surface area contributed by atoms with Gasteiger partial charge in [-0.25, -0.2) is 4.39 Å². The monoisotopic (exact) mass is 291 g/mol. The zero-order valence-electron chi connectivity index (χ0n) is 12.2. The van der Waals surface area contributed by atoms with E-state index in [2.05, 4.69) is 5.32 Å². The van der Waals surface area contributed by atoms with Crippen molar-refractivity contribution >= 4 is 0 Å². The van der Waals surface area contributed by atoms with Gasteiger partial charge in [0.1, 0.15) is 17.7 Å². The molecule has 3 aliphatic rings. The third-order valence-electron chi connectivity index (χ3n) is 4.95. The molecular weight excluding hydrogens is 269 g/mol. The maximum Gasteiger partial charge on any atom is 0.123 e. The Labute approximate surface area is 124 Å². The lowest BCUT2D eigenvalue weighted by Crippen LogP contribution is -2.39. The molecule has 0 aromatic heterocycles. The van der Waals surface area contributed by atoms with Gasteiger partial charge in [-0.2, -0.15) is 0 Å². The Morgan fingerprint density at radius 1 is 1.33 bits per heavy atom. The minimum atomic E-state index is -0.174. The quantitative estimate of drug-likeness (QED) is 0.905. The lowest BCUT2D eigenvalue weighted by molar-refractivity contribution is 0.102. The van der Waals surface area contributed by atoms with Gasteiger partial charge in [0.2, 0.25) is 0 Å². The van der Waals surface area contributed by atoms with Crippen molar-refractivity contribution < 1.29 is 13.9 Å². The average molecular weight is 291 g/mol.